The number of hydrogen-bond donors (Lipinski definition) is 1. The molecule has 6 heteroatoms. The molecule has 0 aliphatic heterocycles. The Hall–Kier alpha value is -1.33. The van der Waals surface area contributed by atoms with Gasteiger partial charge in [0.1, 0.15) is 22.4 Å². The fraction of sp³-hybridized carbons (Fsp3) is 0.231. The Kier molecular flexibility index (Phi) is 4.61. The largest absolute Gasteiger partial charge is 0.372 e. The molecule has 2 aromatic rings. The lowest BCUT2D eigenvalue weighted by molar-refractivity contribution is 0.887. The number of benzene rings is 1. The molecule has 19 heavy (non-hydrogen) atoms. The molecule has 0 fully saturated rings. The molecule has 0 unspecified atom stereocenters. The zero-order chi connectivity index (χ0) is 13.8. The van der Waals surface area contributed by atoms with Crippen LogP contribution in [0.3, 0.4) is 0 Å². The van der Waals surface area contributed by atoms with E-state index in [0.29, 0.717) is 0 Å². The molecule has 0 spiro atoms. The second-order valence-electron chi connectivity index (χ2n) is 4.10. The molecule has 1 aromatic carbocycles. The van der Waals surface area contributed by atoms with Gasteiger partial charge in [-0.15, -0.1) is 0 Å². The Bertz CT molecular complexity index is 576. The predicted octanol–water partition coefficient (Wildman–Crippen LogP) is 3.57. The second kappa shape index (κ2) is 6.21. The summed E-state index contributed by atoms with van der Waals surface area (Å²) in [7, 11) is 3.81. The molecule has 0 aliphatic rings. The van der Waals surface area contributed by atoms with Crippen LogP contribution in [0.1, 0.15) is 5.56 Å². The van der Waals surface area contributed by atoms with E-state index in [-0.39, 0.29) is 0 Å². The van der Waals surface area contributed by atoms with Crippen LogP contribution >= 0.6 is 27.5 Å². The maximum atomic E-state index is 5.99. The molecule has 1 heterocycles. The summed E-state index contributed by atoms with van der Waals surface area (Å²) < 4.78 is 0.849. The van der Waals surface area contributed by atoms with E-state index in [1.165, 1.54) is 0 Å². The maximum absolute atomic E-state index is 5.99. The third-order valence-corrected chi connectivity index (χ3v) is 3.64. The van der Waals surface area contributed by atoms with Crippen molar-refractivity contribution in [3.8, 4) is 0 Å². The Morgan fingerprint density at radius 2 is 2.16 bits per heavy atom. The van der Waals surface area contributed by atoms with E-state index in [9.17, 15) is 0 Å². The van der Waals surface area contributed by atoms with Crippen molar-refractivity contribution in [1.82, 2.24) is 9.97 Å². The van der Waals surface area contributed by atoms with E-state index in [2.05, 4.69) is 31.2 Å². The van der Waals surface area contributed by atoms with Crippen LogP contribution in [0.15, 0.2) is 35.1 Å². The molecule has 0 saturated carbocycles. The van der Waals surface area contributed by atoms with Crippen LogP contribution in [0.4, 0.5) is 11.6 Å². The summed E-state index contributed by atoms with van der Waals surface area (Å²) in [5.74, 6) is 1.60. The summed E-state index contributed by atoms with van der Waals surface area (Å²) in [6, 6.07) is 7.80. The minimum absolute atomic E-state index is 0.722. The monoisotopic (exact) mass is 340 g/mol. The minimum Gasteiger partial charge on any atom is -0.372 e. The number of hydrogen-bond acceptors (Lipinski definition) is 4. The average molecular weight is 342 g/mol. The van der Waals surface area contributed by atoms with Crippen LogP contribution in [-0.4, -0.2) is 24.1 Å². The van der Waals surface area contributed by atoms with Crippen LogP contribution in [-0.2, 0) is 6.54 Å². The molecule has 100 valence electrons. The predicted molar refractivity (Wildman–Crippen MR) is 82.8 cm³/mol. The van der Waals surface area contributed by atoms with Gasteiger partial charge in [-0.1, -0.05) is 23.7 Å². The molecule has 0 amide bonds. The first-order chi connectivity index (χ1) is 9.11. The fourth-order valence-electron chi connectivity index (χ4n) is 1.79. The first-order valence-electron chi connectivity index (χ1n) is 5.75. The molecule has 2 rings (SSSR count). The maximum Gasteiger partial charge on any atom is 0.148 e. The van der Waals surface area contributed by atoms with Crippen molar-refractivity contribution in [2.75, 3.05) is 24.3 Å². The number of rotatable bonds is 4. The highest BCUT2D eigenvalue weighted by Crippen LogP contribution is 2.29. The summed E-state index contributed by atoms with van der Waals surface area (Å²) in [6.07, 6.45) is 1.54. The molecule has 1 N–H and O–H groups in total. The van der Waals surface area contributed by atoms with Crippen molar-refractivity contribution in [2.24, 2.45) is 0 Å². The van der Waals surface area contributed by atoms with Gasteiger partial charge < -0.3 is 10.2 Å². The second-order valence-corrected chi connectivity index (χ2v) is 5.33. The van der Waals surface area contributed by atoms with Gasteiger partial charge >= 0.3 is 0 Å². The number of anilines is 2. The number of aromatic nitrogens is 2. The van der Waals surface area contributed by atoms with Crippen LogP contribution in [0, 0.1) is 0 Å². The molecule has 0 bridgehead atoms. The Morgan fingerprint density at radius 3 is 2.84 bits per heavy atom. The number of nitrogens with zero attached hydrogens (tertiary/aromatic N) is 3. The van der Waals surface area contributed by atoms with Gasteiger partial charge in [0.2, 0.25) is 0 Å². The van der Waals surface area contributed by atoms with Gasteiger partial charge in [-0.25, -0.2) is 9.97 Å². The molecular formula is C13H14BrClN4. The third kappa shape index (κ3) is 3.36. The smallest absolute Gasteiger partial charge is 0.148 e. The molecule has 4 nitrogen and oxygen atoms in total. The SMILES string of the molecule is CNc1ncnc(N(C)Cc2cccc(Cl)c2)c1Br. The van der Waals surface area contributed by atoms with E-state index in [1.807, 2.05) is 43.3 Å². The quantitative estimate of drug-likeness (QED) is 0.923. The minimum atomic E-state index is 0.722. The van der Waals surface area contributed by atoms with E-state index >= 15 is 0 Å². The van der Waals surface area contributed by atoms with Gasteiger partial charge in [0.25, 0.3) is 0 Å². The molecular weight excluding hydrogens is 328 g/mol. The molecule has 0 radical (unpaired) electrons. The first kappa shape index (κ1) is 14.1. The van der Waals surface area contributed by atoms with Crippen molar-refractivity contribution in [2.45, 2.75) is 6.54 Å². The summed E-state index contributed by atoms with van der Waals surface area (Å²) in [6.45, 7) is 0.722. The lowest BCUT2D eigenvalue weighted by Crippen LogP contribution is -2.18. The number of nitrogens with one attached hydrogen (secondary N) is 1. The van der Waals surface area contributed by atoms with Crippen molar-refractivity contribution < 1.29 is 0 Å². The average Bonchev–Trinajstić information content (AvgIpc) is 2.39. The van der Waals surface area contributed by atoms with Gasteiger partial charge in [-0.3, -0.25) is 0 Å². The van der Waals surface area contributed by atoms with Gasteiger partial charge in [0, 0.05) is 25.7 Å². The Morgan fingerprint density at radius 1 is 1.37 bits per heavy atom. The van der Waals surface area contributed by atoms with Crippen molar-refractivity contribution in [3.63, 3.8) is 0 Å². The topological polar surface area (TPSA) is 41.1 Å². The van der Waals surface area contributed by atoms with Crippen molar-refractivity contribution in [3.05, 3.63) is 45.7 Å². The number of halogens is 2. The highest BCUT2D eigenvalue weighted by Gasteiger charge is 2.12. The highest BCUT2D eigenvalue weighted by molar-refractivity contribution is 9.10. The van der Waals surface area contributed by atoms with Crippen molar-refractivity contribution >= 4 is 39.2 Å². The molecule has 0 saturated heterocycles. The summed E-state index contributed by atoms with van der Waals surface area (Å²) in [5.41, 5.74) is 1.13. The van der Waals surface area contributed by atoms with Gasteiger partial charge in [0.05, 0.1) is 0 Å². The standard InChI is InChI=1S/C13H14BrClN4/c1-16-12-11(14)13(18-8-17-12)19(2)7-9-4-3-5-10(15)6-9/h3-6,8H,7H2,1-2H3,(H,16,17,18). The zero-order valence-corrected chi connectivity index (χ0v) is 13.0. The molecule has 1 aromatic heterocycles. The summed E-state index contributed by atoms with van der Waals surface area (Å²) >= 11 is 9.50. The molecule has 0 atom stereocenters. The lowest BCUT2D eigenvalue weighted by atomic mass is 10.2. The molecule has 0 aliphatic carbocycles. The van der Waals surface area contributed by atoms with Crippen LogP contribution < -0.4 is 10.2 Å². The fourth-order valence-corrected chi connectivity index (χ4v) is 2.70. The van der Waals surface area contributed by atoms with Gasteiger partial charge in [-0.05, 0) is 33.6 Å². The van der Waals surface area contributed by atoms with Crippen LogP contribution in [0.2, 0.25) is 5.02 Å². The van der Waals surface area contributed by atoms with E-state index in [0.717, 1.165) is 33.2 Å². The third-order valence-electron chi connectivity index (χ3n) is 2.68. The Labute approximate surface area is 126 Å². The van der Waals surface area contributed by atoms with Gasteiger partial charge in [0.15, 0.2) is 0 Å². The highest BCUT2D eigenvalue weighted by atomic mass is 79.9. The lowest BCUT2D eigenvalue weighted by Gasteiger charge is -2.20. The summed E-state index contributed by atoms with van der Waals surface area (Å²) in [4.78, 5) is 10.5. The zero-order valence-electron chi connectivity index (χ0n) is 10.7. The normalized spacial score (nSPS) is 10.3. The van der Waals surface area contributed by atoms with Crippen LogP contribution in [0.5, 0.6) is 0 Å². The van der Waals surface area contributed by atoms with Crippen LogP contribution in [0.25, 0.3) is 0 Å². The Balaban J connectivity index is 2.23. The summed E-state index contributed by atoms with van der Waals surface area (Å²) in [5, 5.41) is 3.76. The van der Waals surface area contributed by atoms with Crippen molar-refractivity contribution in [1.29, 1.82) is 0 Å². The van der Waals surface area contributed by atoms with E-state index in [1.54, 1.807) is 6.33 Å². The first-order valence-corrected chi connectivity index (χ1v) is 6.92. The van der Waals surface area contributed by atoms with Gasteiger partial charge in [-0.2, -0.15) is 0 Å². The van der Waals surface area contributed by atoms with E-state index < -0.39 is 0 Å². The van der Waals surface area contributed by atoms with E-state index in [4.69, 9.17) is 11.6 Å².